The van der Waals surface area contributed by atoms with Crippen molar-refractivity contribution < 1.29 is 4.74 Å². The molecule has 0 fully saturated rings. The van der Waals surface area contributed by atoms with Gasteiger partial charge in [-0.3, -0.25) is 9.36 Å². The molecule has 0 spiro atoms. The van der Waals surface area contributed by atoms with Gasteiger partial charge in [-0.15, -0.1) is 0 Å². The van der Waals surface area contributed by atoms with Crippen LogP contribution in [0.4, 0.5) is 0 Å². The van der Waals surface area contributed by atoms with E-state index in [1.165, 1.54) is 10.6 Å². The Morgan fingerprint density at radius 1 is 1.12 bits per heavy atom. The fourth-order valence-electron chi connectivity index (χ4n) is 3.39. The van der Waals surface area contributed by atoms with Gasteiger partial charge in [0.05, 0.1) is 16.9 Å². The number of pyridine rings is 2. The number of hydrogen-bond acceptors (Lipinski definition) is 6. The number of benzene rings is 1. The van der Waals surface area contributed by atoms with Gasteiger partial charge >= 0.3 is 0 Å². The monoisotopic (exact) mass is 460 g/mol. The van der Waals surface area contributed by atoms with Crippen LogP contribution in [0, 0.1) is 11.3 Å². The molecule has 1 aromatic carbocycles. The van der Waals surface area contributed by atoms with Crippen LogP contribution in [-0.2, 0) is 13.0 Å². The first-order chi connectivity index (χ1) is 16.1. The van der Waals surface area contributed by atoms with Crippen molar-refractivity contribution in [1.29, 1.82) is 5.26 Å². The number of nitriles is 1. The van der Waals surface area contributed by atoms with E-state index in [-0.39, 0.29) is 5.56 Å². The van der Waals surface area contributed by atoms with Crippen molar-refractivity contribution in [3.05, 3.63) is 105 Å². The zero-order valence-corrected chi connectivity index (χ0v) is 18.4. The van der Waals surface area contributed by atoms with E-state index >= 15 is 0 Å². The van der Waals surface area contributed by atoms with Gasteiger partial charge in [-0.25, -0.2) is 9.97 Å². The molecule has 0 amide bonds. The minimum Gasteiger partial charge on any atom is -0.491 e. The van der Waals surface area contributed by atoms with Crippen LogP contribution in [0.5, 0.6) is 5.75 Å². The third-order valence-electron chi connectivity index (χ3n) is 5.01. The normalized spacial score (nSPS) is 10.7. The fourth-order valence-corrected chi connectivity index (χ4v) is 3.55. The van der Waals surface area contributed by atoms with E-state index in [4.69, 9.17) is 22.1 Å². The number of imidazole rings is 1. The van der Waals surface area contributed by atoms with Gasteiger partial charge in [0.2, 0.25) is 0 Å². The lowest BCUT2D eigenvalue weighted by Crippen LogP contribution is -2.17. The molecule has 9 heteroatoms. The number of hydrogen-bond donors (Lipinski definition) is 1. The van der Waals surface area contributed by atoms with Crippen LogP contribution < -0.4 is 16.0 Å². The zero-order valence-electron chi connectivity index (χ0n) is 17.7. The van der Waals surface area contributed by atoms with E-state index in [0.717, 1.165) is 16.8 Å². The Bertz CT molecular complexity index is 1350. The van der Waals surface area contributed by atoms with Crippen LogP contribution in [0.15, 0.2) is 72.2 Å². The summed E-state index contributed by atoms with van der Waals surface area (Å²) in [5.74, 6) is 1.03. The van der Waals surface area contributed by atoms with Crippen LogP contribution in [-0.4, -0.2) is 32.3 Å². The SMILES string of the molecule is N#Cc1ccc(Cn2cncc2Cc2ccc(-n3cc(Cl)ccc3=O)nc2)cc1OCCN. The zero-order chi connectivity index (χ0) is 23.2. The summed E-state index contributed by atoms with van der Waals surface area (Å²) in [6.45, 7) is 1.29. The molecule has 3 aromatic heterocycles. The van der Waals surface area contributed by atoms with Gasteiger partial charge in [0.15, 0.2) is 0 Å². The summed E-state index contributed by atoms with van der Waals surface area (Å²) in [4.78, 5) is 20.8. The molecule has 0 bridgehead atoms. The Labute approximate surface area is 195 Å². The lowest BCUT2D eigenvalue weighted by Gasteiger charge is -2.12. The summed E-state index contributed by atoms with van der Waals surface area (Å²) in [5, 5.41) is 9.75. The third kappa shape index (κ3) is 5.29. The second kappa shape index (κ2) is 10.1. The molecule has 0 radical (unpaired) electrons. The van der Waals surface area contributed by atoms with E-state index in [2.05, 4.69) is 16.0 Å². The largest absolute Gasteiger partial charge is 0.491 e. The molecular weight excluding hydrogens is 440 g/mol. The molecule has 0 aliphatic rings. The van der Waals surface area contributed by atoms with Gasteiger partial charge in [-0.05, 0) is 35.4 Å². The summed E-state index contributed by atoms with van der Waals surface area (Å²) in [5.41, 5.74) is 8.75. The molecule has 2 N–H and O–H groups in total. The van der Waals surface area contributed by atoms with Crippen LogP contribution in [0.25, 0.3) is 5.82 Å². The van der Waals surface area contributed by atoms with E-state index in [1.807, 2.05) is 29.0 Å². The van der Waals surface area contributed by atoms with E-state index in [0.29, 0.717) is 48.3 Å². The summed E-state index contributed by atoms with van der Waals surface area (Å²) >= 11 is 6.00. The van der Waals surface area contributed by atoms with Crippen LogP contribution in [0.3, 0.4) is 0 Å². The smallest absolute Gasteiger partial charge is 0.256 e. The van der Waals surface area contributed by atoms with Crippen molar-refractivity contribution in [2.45, 2.75) is 13.0 Å². The van der Waals surface area contributed by atoms with Gasteiger partial charge in [-0.2, -0.15) is 5.26 Å². The Morgan fingerprint density at radius 3 is 2.73 bits per heavy atom. The summed E-state index contributed by atoms with van der Waals surface area (Å²) in [6.07, 6.45) is 7.47. The number of aromatic nitrogens is 4. The van der Waals surface area contributed by atoms with Crippen LogP contribution >= 0.6 is 11.6 Å². The summed E-state index contributed by atoms with van der Waals surface area (Å²) in [6, 6.07) is 14.3. The average molecular weight is 461 g/mol. The highest BCUT2D eigenvalue weighted by Gasteiger charge is 2.09. The van der Waals surface area contributed by atoms with E-state index in [9.17, 15) is 10.1 Å². The number of ether oxygens (including phenoxy) is 1. The van der Waals surface area contributed by atoms with Gasteiger partial charge < -0.3 is 15.0 Å². The van der Waals surface area contributed by atoms with Crippen molar-refractivity contribution in [3.63, 3.8) is 0 Å². The van der Waals surface area contributed by atoms with Gasteiger partial charge in [-0.1, -0.05) is 23.7 Å². The number of nitrogens with two attached hydrogens (primary N) is 1. The molecule has 8 nitrogen and oxygen atoms in total. The quantitative estimate of drug-likeness (QED) is 0.432. The van der Waals surface area contributed by atoms with Gasteiger partial charge in [0.25, 0.3) is 5.56 Å². The maximum absolute atomic E-state index is 12.1. The molecule has 0 atom stereocenters. The first-order valence-corrected chi connectivity index (χ1v) is 10.6. The molecule has 0 aliphatic carbocycles. The standard InChI is InChI=1S/C24H21ClN6O2/c25-20-4-6-24(32)31(15-20)23-5-2-17(12-29-23)9-21-13-28-16-30(21)14-18-1-3-19(11-27)22(10-18)33-8-7-26/h1-6,10,12-13,15-16H,7-9,14,26H2. The van der Waals surface area contributed by atoms with Crippen molar-refractivity contribution in [2.75, 3.05) is 13.2 Å². The fraction of sp³-hybridized carbons (Fsp3) is 0.167. The topological polar surface area (TPSA) is 112 Å². The third-order valence-corrected chi connectivity index (χ3v) is 5.23. The average Bonchev–Trinajstić information content (AvgIpc) is 3.26. The maximum Gasteiger partial charge on any atom is 0.256 e. The highest BCUT2D eigenvalue weighted by atomic mass is 35.5. The Morgan fingerprint density at radius 2 is 1.97 bits per heavy atom. The lowest BCUT2D eigenvalue weighted by molar-refractivity contribution is 0.327. The molecule has 0 saturated carbocycles. The Kier molecular flexibility index (Phi) is 6.83. The minimum absolute atomic E-state index is 0.199. The first kappa shape index (κ1) is 22.3. The van der Waals surface area contributed by atoms with Crippen molar-refractivity contribution >= 4 is 11.6 Å². The van der Waals surface area contributed by atoms with E-state index in [1.54, 1.807) is 36.9 Å². The molecule has 166 valence electrons. The van der Waals surface area contributed by atoms with Crippen LogP contribution in [0.1, 0.15) is 22.4 Å². The van der Waals surface area contributed by atoms with Crippen molar-refractivity contribution in [1.82, 2.24) is 19.1 Å². The van der Waals surface area contributed by atoms with Crippen molar-refractivity contribution in [3.8, 4) is 17.6 Å². The van der Waals surface area contributed by atoms with Gasteiger partial charge in [0.1, 0.15) is 24.2 Å². The minimum atomic E-state index is -0.199. The van der Waals surface area contributed by atoms with Gasteiger partial charge in [0, 0.05) is 49.9 Å². The molecular formula is C24H21ClN6O2. The molecule has 0 unspecified atom stereocenters. The number of nitrogens with zero attached hydrogens (tertiary/aromatic N) is 5. The first-order valence-electron chi connectivity index (χ1n) is 10.3. The predicted octanol–water partition coefficient (Wildman–Crippen LogP) is 2.93. The lowest BCUT2D eigenvalue weighted by atomic mass is 10.1. The summed E-state index contributed by atoms with van der Waals surface area (Å²) in [7, 11) is 0. The number of rotatable bonds is 8. The van der Waals surface area contributed by atoms with Crippen molar-refractivity contribution in [2.24, 2.45) is 5.73 Å². The molecule has 4 rings (SSSR count). The molecule has 3 heterocycles. The highest BCUT2D eigenvalue weighted by Crippen LogP contribution is 2.21. The number of halogens is 1. The second-order valence-corrected chi connectivity index (χ2v) is 7.79. The van der Waals surface area contributed by atoms with Crippen LogP contribution in [0.2, 0.25) is 5.02 Å². The summed E-state index contributed by atoms with van der Waals surface area (Å²) < 4.78 is 9.05. The Balaban J connectivity index is 1.51. The molecule has 4 aromatic rings. The molecule has 33 heavy (non-hydrogen) atoms. The molecule has 0 aliphatic heterocycles. The van der Waals surface area contributed by atoms with E-state index < -0.39 is 0 Å². The Hall–Kier alpha value is -3.93. The maximum atomic E-state index is 12.1. The second-order valence-electron chi connectivity index (χ2n) is 7.35. The predicted molar refractivity (Wildman–Crippen MR) is 125 cm³/mol. The molecule has 0 saturated heterocycles. The highest BCUT2D eigenvalue weighted by molar-refractivity contribution is 6.30.